The summed E-state index contributed by atoms with van der Waals surface area (Å²) in [5, 5.41) is 64.6. The van der Waals surface area contributed by atoms with Crippen LogP contribution in [0.1, 0.15) is 126 Å². The van der Waals surface area contributed by atoms with E-state index in [1.165, 1.54) is 20.8 Å². The van der Waals surface area contributed by atoms with Crippen LogP contribution in [0.2, 0.25) is 0 Å². The minimum atomic E-state index is -1.79. The average Bonchev–Trinajstić information content (AvgIpc) is 3.54. The van der Waals surface area contributed by atoms with Crippen molar-refractivity contribution in [3.8, 4) is 0 Å². The zero-order valence-electron chi connectivity index (χ0n) is 48.5. The molecule has 1 saturated heterocycles. The van der Waals surface area contributed by atoms with Gasteiger partial charge in [0.15, 0.2) is 0 Å². The van der Waals surface area contributed by atoms with E-state index in [-0.39, 0.29) is 81.6 Å². The number of hydroxylamine groups is 6. The molecule has 84 heavy (non-hydrogen) atoms. The first-order valence-electron chi connectivity index (χ1n) is 27.4. The van der Waals surface area contributed by atoms with Crippen LogP contribution in [0.3, 0.4) is 0 Å². The van der Waals surface area contributed by atoms with Crippen LogP contribution < -0.4 is 53.2 Å². The summed E-state index contributed by atoms with van der Waals surface area (Å²) in [5.74, 6) is -14.1. The third-order valence-electron chi connectivity index (χ3n) is 12.4. The second kappa shape index (κ2) is 41.6. The fourth-order valence-corrected chi connectivity index (χ4v) is 7.55. The van der Waals surface area contributed by atoms with Crippen LogP contribution in [0.5, 0.6) is 0 Å². The van der Waals surface area contributed by atoms with Crippen LogP contribution in [-0.2, 0) is 88.9 Å². The number of aliphatic hydroxyl groups excluding tert-OH is 1. The van der Waals surface area contributed by atoms with Crippen molar-refractivity contribution in [2.45, 2.75) is 168 Å². The fourth-order valence-electron chi connectivity index (χ4n) is 7.55. The number of cyclic esters (lactones) is 1. The SMILES string of the molecule is CCCCCC/C=C\CC(=O)N[C@H]1COC(=O)CNC(=O)C(CCCN(O)C(C)=O)NC(=O)CNC(=O)[C@@H](C)NC(=O)C(CCCN(O)C(C)=O)NC(=O)[C@H](CO)NC(=O)[C@@H](C(C)C)NC(=O)CNC(=O)C(CCCN(O)C(C)=O)NC1=O.[Fe]. The third-order valence-corrected chi connectivity index (χ3v) is 12.4. The molecule has 1 aliphatic heterocycles. The molecular formula is C51H85FeN13O19. The van der Waals surface area contributed by atoms with Crippen molar-refractivity contribution in [2.75, 3.05) is 52.5 Å². The Labute approximate surface area is 497 Å². The van der Waals surface area contributed by atoms with Crippen molar-refractivity contribution >= 4 is 82.8 Å². The summed E-state index contributed by atoms with van der Waals surface area (Å²) in [7, 11) is 0. The summed E-state index contributed by atoms with van der Waals surface area (Å²) in [4.78, 5) is 183. The first-order chi connectivity index (χ1) is 39.1. The molecule has 32 nitrogen and oxygen atoms in total. The molecule has 0 bridgehead atoms. The Balaban J connectivity index is 0.0000689. The van der Waals surface area contributed by atoms with E-state index in [9.17, 15) is 87.9 Å². The molecule has 1 rings (SSSR count). The van der Waals surface area contributed by atoms with Gasteiger partial charge in [0.25, 0.3) is 0 Å². The molecule has 0 aliphatic carbocycles. The molecule has 1 fully saturated rings. The zero-order valence-corrected chi connectivity index (χ0v) is 49.6. The number of hydrogen-bond acceptors (Lipinski definition) is 19. The summed E-state index contributed by atoms with van der Waals surface area (Å²) in [6.07, 6.45) is 6.38. The Bertz CT molecular complexity index is 2280. The predicted molar refractivity (Wildman–Crippen MR) is 289 cm³/mol. The van der Waals surface area contributed by atoms with Crippen molar-refractivity contribution in [3.05, 3.63) is 12.2 Å². The molecule has 0 radical (unpaired) electrons. The minimum absolute atomic E-state index is 0. The van der Waals surface area contributed by atoms with Gasteiger partial charge in [-0.3, -0.25) is 82.7 Å². The molecule has 0 spiro atoms. The predicted octanol–water partition coefficient (Wildman–Crippen LogP) is -4.08. The van der Waals surface area contributed by atoms with Gasteiger partial charge in [0.2, 0.25) is 76.8 Å². The van der Waals surface area contributed by atoms with E-state index in [0.717, 1.165) is 46.5 Å². The van der Waals surface area contributed by atoms with Gasteiger partial charge in [-0.05, 0) is 64.2 Å². The maximum atomic E-state index is 14.0. The van der Waals surface area contributed by atoms with E-state index < -0.39 is 164 Å². The molecule has 1 aliphatic rings. The van der Waals surface area contributed by atoms with Gasteiger partial charge in [-0.25, -0.2) is 15.2 Å². The van der Waals surface area contributed by atoms with Gasteiger partial charge < -0.3 is 63.0 Å². The van der Waals surface area contributed by atoms with E-state index in [4.69, 9.17) is 4.74 Å². The van der Waals surface area contributed by atoms with Gasteiger partial charge in [-0.15, -0.1) is 0 Å². The van der Waals surface area contributed by atoms with Gasteiger partial charge in [0, 0.05) is 63.9 Å². The molecule has 0 saturated carbocycles. The van der Waals surface area contributed by atoms with Crippen LogP contribution in [0.25, 0.3) is 0 Å². The first-order valence-corrected chi connectivity index (χ1v) is 27.4. The topological polar surface area (TPSA) is 459 Å². The molecule has 0 aromatic carbocycles. The van der Waals surface area contributed by atoms with Crippen molar-refractivity contribution in [1.29, 1.82) is 0 Å². The van der Waals surface area contributed by atoms with E-state index in [1.807, 2.05) is 0 Å². The number of esters is 1. The number of carbonyl (C=O) groups excluding carboxylic acids is 14. The standard InChI is InChI=1S/C51H85N13O19.Fe/c1-8-9-10-11-12-13-14-21-40(69)57-39-29-83-43(72)27-54-46(74)35(18-15-22-62(80)32(5)66)56-41(70)25-52-45(73)31(4)55-48(76)37(20-17-24-64(82)34(7)68)59-49(77)38(28-65)60-51(79)44(30(2)3)61-42(71)26-53-47(75)36(58-50(39)78)19-16-23-63(81)33(6)67;/h13-14,30-31,35-39,44,65,80-82H,8-12,15-29H2,1-7H3,(H,52,73)(H,53,75)(H,54,74)(H,55,76)(H,56,70)(H,57,69)(H,58,78)(H,59,77)(H,60,79)(H,61,71);/b14-13-;/t31-,35?,36?,37?,38+,39+,44-;/m1./s1. The second-order valence-electron chi connectivity index (χ2n) is 19.8. The minimum Gasteiger partial charge on any atom is -0.462 e. The number of carbonyl (C=O) groups is 14. The van der Waals surface area contributed by atoms with Crippen LogP contribution in [-0.4, -0.2) is 213 Å². The van der Waals surface area contributed by atoms with Gasteiger partial charge >= 0.3 is 5.97 Å². The Hall–Kier alpha value is -7.32. The monoisotopic (exact) mass is 1240 g/mol. The molecule has 0 aromatic heterocycles. The van der Waals surface area contributed by atoms with E-state index in [0.29, 0.717) is 21.6 Å². The maximum Gasteiger partial charge on any atom is 0.325 e. The number of rotatable bonds is 22. The molecule has 7 atom stereocenters. The molecule has 0 aromatic rings. The summed E-state index contributed by atoms with van der Waals surface area (Å²) < 4.78 is 5.29. The molecule has 33 heteroatoms. The summed E-state index contributed by atoms with van der Waals surface area (Å²) in [6, 6.07) is -11.0. The second-order valence-corrected chi connectivity index (χ2v) is 19.8. The number of nitrogens with zero attached hydrogens (tertiary/aromatic N) is 3. The average molecular weight is 1240 g/mol. The molecular weight excluding hydrogens is 1150 g/mol. The zero-order chi connectivity index (χ0) is 62.8. The Kier molecular flexibility index (Phi) is 38.0. The van der Waals surface area contributed by atoms with Gasteiger partial charge in [0.1, 0.15) is 55.4 Å². The number of unbranched alkanes of at least 4 members (excludes halogenated alkanes) is 4. The van der Waals surface area contributed by atoms with Crippen molar-refractivity contribution in [2.24, 2.45) is 5.92 Å². The van der Waals surface area contributed by atoms with Crippen LogP contribution in [0.15, 0.2) is 12.2 Å². The van der Waals surface area contributed by atoms with Crippen LogP contribution >= 0.6 is 0 Å². The van der Waals surface area contributed by atoms with E-state index in [1.54, 1.807) is 12.2 Å². The number of allylic oxidation sites excluding steroid dienone is 1. The van der Waals surface area contributed by atoms with Gasteiger partial charge in [0.05, 0.1) is 19.7 Å². The Morgan fingerprint density at radius 1 is 0.571 bits per heavy atom. The molecule has 13 amide bonds. The van der Waals surface area contributed by atoms with E-state index >= 15 is 0 Å². The number of ether oxygens (including phenoxy) is 1. The number of hydrogen-bond donors (Lipinski definition) is 14. The van der Waals surface area contributed by atoms with Crippen LogP contribution in [0, 0.1) is 5.92 Å². The normalized spacial score (nSPS) is 21.6. The Morgan fingerprint density at radius 2 is 1.02 bits per heavy atom. The van der Waals surface area contributed by atoms with Gasteiger partial charge in [-0.1, -0.05) is 52.2 Å². The number of amides is 13. The van der Waals surface area contributed by atoms with Crippen molar-refractivity contribution in [3.63, 3.8) is 0 Å². The van der Waals surface area contributed by atoms with Crippen molar-refractivity contribution < 1.29 is 110 Å². The quantitative estimate of drug-likeness (QED) is 0.0122. The number of nitrogens with one attached hydrogen (secondary N) is 10. The molecule has 3 unspecified atom stereocenters. The summed E-state index contributed by atoms with van der Waals surface area (Å²) in [5.41, 5.74) is 0. The smallest absolute Gasteiger partial charge is 0.325 e. The summed E-state index contributed by atoms with van der Waals surface area (Å²) >= 11 is 0. The Morgan fingerprint density at radius 3 is 1.52 bits per heavy atom. The number of aliphatic hydroxyl groups is 1. The maximum absolute atomic E-state index is 14.0. The molecule has 1 heterocycles. The summed E-state index contributed by atoms with van der Waals surface area (Å²) in [6.45, 7) is 3.95. The van der Waals surface area contributed by atoms with Crippen LogP contribution in [0.4, 0.5) is 0 Å². The molecule has 14 N–H and O–H groups in total. The first kappa shape index (κ1) is 76.7. The largest absolute Gasteiger partial charge is 0.462 e. The van der Waals surface area contributed by atoms with Gasteiger partial charge in [-0.2, -0.15) is 0 Å². The fraction of sp³-hybridized carbons (Fsp3) is 0.686. The third kappa shape index (κ3) is 31.4. The van der Waals surface area contributed by atoms with Crippen molar-refractivity contribution in [1.82, 2.24) is 68.4 Å². The molecule has 476 valence electrons. The van der Waals surface area contributed by atoms with E-state index in [2.05, 4.69) is 60.1 Å².